The van der Waals surface area contributed by atoms with Gasteiger partial charge in [-0.3, -0.25) is 4.90 Å². The largest absolute Gasteiger partial charge is 0.493 e. The predicted molar refractivity (Wildman–Crippen MR) is 125 cm³/mol. The Morgan fingerprint density at radius 2 is 1.88 bits per heavy atom. The average molecular weight is 439 g/mol. The molecule has 0 aliphatic carbocycles. The van der Waals surface area contributed by atoms with E-state index in [-0.39, 0.29) is 0 Å². The van der Waals surface area contributed by atoms with Gasteiger partial charge in [0, 0.05) is 58.1 Å². The summed E-state index contributed by atoms with van der Waals surface area (Å²) < 4.78 is 16.7. The van der Waals surface area contributed by atoms with E-state index >= 15 is 0 Å². The summed E-state index contributed by atoms with van der Waals surface area (Å²) in [6.45, 7) is 10.2. The van der Waals surface area contributed by atoms with Crippen molar-refractivity contribution in [3.8, 4) is 17.2 Å². The second-order valence-electron chi connectivity index (χ2n) is 9.00. The average Bonchev–Trinajstić information content (AvgIpc) is 3.31. The highest BCUT2D eigenvalue weighted by molar-refractivity contribution is 5.46. The van der Waals surface area contributed by atoms with Crippen molar-refractivity contribution in [1.29, 1.82) is 0 Å². The summed E-state index contributed by atoms with van der Waals surface area (Å²) in [6.07, 6.45) is 5.59. The van der Waals surface area contributed by atoms with Crippen LogP contribution in [0.15, 0.2) is 42.6 Å². The first-order valence-corrected chi connectivity index (χ1v) is 12.0. The Morgan fingerprint density at radius 1 is 0.969 bits per heavy atom. The Hall–Kier alpha value is -2.51. The summed E-state index contributed by atoms with van der Waals surface area (Å²) >= 11 is 0. The predicted octanol–water partition coefficient (Wildman–Crippen LogP) is 3.11. The molecule has 0 radical (unpaired) electrons. The van der Waals surface area contributed by atoms with Crippen LogP contribution in [0.2, 0.25) is 0 Å². The highest BCUT2D eigenvalue weighted by Crippen LogP contribution is 2.35. The zero-order valence-corrected chi connectivity index (χ0v) is 18.8. The van der Waals surface area contributed by atoms with E-state index in [1.807, 2.05) is 30.5 Å². The minimum atomic E-state index is 0.300. The molecule has 172 valence electrons. The molecular formula is C25H34N4O3. The molecule has 7 heteroatoms. The van der Waals surface area contributed by atoms with Gasteiger partial charge in [0.25, 0.3) is 0 Å². The van der Waals surface area contributed by atoms with Crippen molar-refractivity contribution in [2.45, 2.75) is 19.3 Å². The molecular weight excluding hydrogens is 404 g/mol. The van der Waals surface area contributed by atoms with E-state index in [0.717, 1.165) is 74.7 Å². The highest BCUT2D eigenvalue weighted by Gasteiger charge is 2.24. The number of aromatic nitrogens is 1. The molecule has 1 unspecified atom stereocenters. The Bertz CT molecular complexity index is 858. The molecule has 32 heavy (non-hydrogen) atoms. The van der Waals surface area contributed by atoms with Gasteiger partial charge in [-0.15, -0.1) is 0 Å². The van der Waals surface area contributed by atoms with Gasteiger partial charge in [0.1, 0.15) is 11.6 Å². The van der Waals surface area contributed by atoms with Gasteiger partial charge >= 0.3 is 0 Å². The minimum absolute atomic E-state index is 0.300. The normalized spacial score (nSPS) is 21.6. The number of rotatable bonds is 8. The van der Waals surface area contributed by atoms with E-state index in [2.05, 4.69) is 31.8 Å². The van der Waals surface area contributed by atoms with Gasteiger partial charge in [-0.25, -0.2) is 4.98 Å². The number of likely N-dealkylation sites (tertiary alicyclic amines) is 1. The summed E-state index contributed by atoms with van der Waals surface area (Å²) in [4.78, 5) is 12.2. The standard InChI is InChI=1S/C25H34N4O3/c1-2-9-26-25(6-1)29-14-12-28(13-15-29)19-21-5-3-10-27(18-21)11-4-16-30-22-7-8-23-24(17-22)32-20-31-23/h1-2,6-9,17,21H,3-5,10-16,18-20H2. The van der Waals surface area contributed by atoms with Crippen LogP contribution < -0.4 is 19.1 Å². The molecule has 2 fully saturated rings. The first-order chi connectivity index (χ1) is 15.8. The SMILES string of the molecule is c1ccc(N2CCN(CC3CCCN(CCCOc4ccc5c(c4)OCO5)C3)CC2)nc1. The van der Waals surface area contributed by atoms with E-state index in [9.17, 15) is 0 Å². The number of fused-ring (bicyclic) bond motifs is 1. The summed E-state index contributed by atoms with van der Waals surface area (Å²) in [6, 6.07) is 12.0. The van der Waals surface area contributed by atoms with Gasteiger partial charge in [0.2, 0.25) is 6.79 Å². The van der Waals surface area contributed by atoms with E-state index in [0.29, 0.717) is 6.79 Å². The smallest absolute Gasteiger partial charge is 0.231 e. The number of piperidine rings is 1. The number of hydrogen-bond acceptors (Lipinski definition) is 7. The van der Waals surface area contributed by atoms with Crippen LogP contribution in [-0.2, 0) is 0 Å². The third-order valence-electron chi connectivity index (χ3n) is 6.70. The van der Waals surface area contributed by atoms with Crippen molar-refractivity contribution < 1.29 is 14.2 Å². The van der Waals surface area contributed by atoms with Gasteiger partial charge in [0.05, 0.1) is 6.61 Å². The van der Waals surface area contributed by atoms with Gasteiger partial charge in [0.15, 0.2) is 11.5 Å². The number of ether oxygens (including phenoxy) is 3. The van der Waals surface area contributed by atoms with Gasteiger partial charge < -0.3 is 24.0 Å². The molecule has 1 aromatic carbocycles. The van der Waals surface area contributed by atoms with Crippen LogP contribution in [0.3, 0.4) is 0 Å². The van der Waals surface area contributed by atoms with Crippen molar-refractivity contribution in [2.24, 2.45) is 5.92 Å². The number of pyridine rings is 1. The third-order valence-corrected chi connectivity index (χ3v) is 6.70. The van der Waals surface area contributed by atoms with Gasteiger partial charge in [-0.1, -0.05) is 6.07 Å². The maximum atomic E-state index is 5.94. The molecule has 3 aliphatic heterocycles. The van der Waals surface area contributed by atoms with Gasteiger partial charge in [-0.05, 0) is 56.0 Å². The fourth-order valence-corrected chi connectivity index (χ4v) is 5.01. The minimum Gasteiger partial charge on any atom is -0.493 e. The Morgan fingerprint density at radius 3 is 2.75 bits per heavy atom. The van der Waals surface area contributed by atoms with Crippen LogP contribution in [0, 0.1) is 5.92 Å². The van der Waals surface area contributed by atoms with Crippen molar-refractivity contribution in [1.82, 2.24) is 14.8 Å². The lowest BCUT2D eigenvalue weighted by atomic mass is 9.97. The maximum absolute atomic E-state index is 5.94. The fourth-order valence-electron chi connectivity index (χ4n) is 5.01. The number of nitrogens with zero attached hydrogens (tertiary/aromatic N) is 4. The molecule has 0 amide bonds. The number of benzene rings is 1. The molecule has 7 nitrogen and oxygen atoms in total. The first-order valence-electron chi connectivity index (χ1n) is 12.0. The second kappa shape index (κ2) is 10.4. The highest BCUT2D eigenvalue weighted by atomic mass is 16.7. The van der Waals surface area contributed by atoms with Crippen molar-refractivity contribution >= 4 is 5.82 Å². The lowest BCUT2D eigenvalue weighted by molar-refractivity contribution is 0.124. The Kier molecular flexibility index (Phi) is 6.94. The number of hydrogen-bond donors (Lipinski definition) is 0. The van der Waals surface area contributed by atoms with Crippen molar-refractivity contribution in [2.75, 3.05) is 70.7 Å². The van der Waals surface area contributed by atoms with Crippen LogP contribution in [-0.4, -0.2) is 80.5 Å². The molecule has 3 aliphatic rings. The summed E-state index contributed by atoms with van der Waals surface area (Å²) in [5, 5.41) is 0. The van der Waals surface area contributed by atoms with Gasteiger partial charge in [-0.2, -0.15) is 0 Å². The molecule has 4 heterocycles. The molecule has 2 aromatic rings. The van der Waals surface area contributed by atoms with Crippen molar-refractivity contribution in [3.63, 3.8) is 0 Å². The van der Waals surface area contributed by atoms with E-state index in [1.54, 1.807) is 0 Å². The number of piperazine rings is 1. The van der Waals surface area contributed by atoms with Crippen LogP contribution in [0.25, 0.3) is 0 Å². The number of anilines is 1. The lowest BCUT2D eigenvalue weighted by Gasteiger charge is -2.39. The summed E-state index contributed by atoms with van der Waals surface area (Å²) in [5.74, 6) is 4.33. The van der Waals surface area contributed by atoms with E-state index < -0.39 is 0 Å². The van der Waals surface area contributed by atoms with Crippen LogP contribution in [0.5, 0.6) is 17.2 Å². The van der Waals surface area contributed by atoms with Crippen LogP contribution >= 0.6 is 0 Å². The molecule has 0 spiro atoms. The molecule has 0 N–H and O–H groups in total. The lowest BCUT2D eigenvalue weighted by Crippen LogP contribution is -2.50. The van der Waals surface area contributed by atoms with Crippen molar-refractivity contribution in [3.05, 3.63) is 42.6 Å². The van der Waals surface area contributed by atoms with Crippen LogP contribution in [0.4, 0.5) is 5.82 Å². The third kappa shape index (κ3) is 5.45. The quantitative estimate of drug-likeness (QED) is 0.587. The van der Waals surface area contributed by atoms with E-state index in [4.69, 9.17) is 14.2 Å². The molecule has 1 aromatic heterocycles. The second-order valence-corrected chi connectivity index (χ2v) is 9.00. The summed E-state index contributed by atoms with van der Waals surface area (Å²) in [5.41, 5.74) is 0. The summed E-state index contributed by atoms with van der Waals surface area (Å²) in [7, 11) is 0. The topological polar surface area (TPSA) is 50.3 Å². The Labute approximate surface area is 190 Å². The molecule has 1 atom stereocenters. The molecule has 0 bridgehead atoms. The van der Waals surface area contributed by atoms with E-state index in [1.165, 1.54) is 32.5 Å². The zero-order chi connectivity index (χ0) is 21.6. The van der Waals surface area contributed by atoms with Crippen LogP contribution in [0.1, 0.15) is 19.3 Å². The Balaban J connectivity index is 1.00. The maximum Gasteiger partial charge on any atom is 0.231 e. The monoisotopic (exact) mass is 438 g/mol. The molecule has 5 rings (SSSR count). The molecule has 0 saturated carbocycles. The fraction of sp³-hybridized carbons (Fsp3) is 0.560. The molecule has 2 saturated heterocycles. The zero-order valence-electron chi connectivity index (χ0n) is 18.8. The first kappa shape index (κ1) is 21.3.